The van der Waals surface area contributed by atoms with Gasteiger partial charge in [-0.25, -0.2) is 4.98 Å². The summed E-state index contributed by atoms with van der Waals surface area (Å²) in [6.07, 6.45) is 3.79. The van der Waals surface area contributed by atoms with E-state index in [9.17, 15) is 4.79 Å². The number of carbonyl (C=O) groups is 1. The van der Waals surface area contributed by atoms with Gasteiger partial charge in [0.2, 0.25) is 5.91 Å². The molecule has 2 aromatic heterocycles. The first kappa shape index (κ1) is 14.7. The monoisotopic (exact) mass is 289 g/mol. The quantitative estimate of drug-likeness (QED) is 0.889. The first-order valence-corrected chi connectivity index (χ1v) is 7.68. The van der Waals surface area contributed by atoms with Crippen molar-refractivity contribution < 1.29 is 4.79 Å². The van der Waals surface area contributed by atoms with E-state index < -0.39 is 0 Å². The van der Waals surface area contributed by atoms with Crippen molar-refractivity contribution in [3.8, 4) is 0 Å². The minimum absolute atomic E-state index is 0.0361. The third-order valence-electron chi connectivity index (χ3n) is 3.02. The number of hydrogen-bond acceptors (Lipinski definition) is 4. The smallest absolute Gasteiger partial charge is 0.226 e. The van der Waals surface area contributed by atoms with Crippen LogP contribution in [0, 0.1) is 0 Å². The molecule has 0 saturated carbocycles. The maximum Gasteiger partial charge on any atom is 0.226 e. The molecule has 5 heteroatoms. The normalized spacial score (nSPS) is 12.1. The maximum absolute atomic E-state index is 11.8. The van der Waals surface area contributed by atoms with E-state index in [1.54, 1.807) is 17.5 Å². The van der Waals surface area contributed by atoms with Gasteiger partial charge in [-0.1, -0.05) is 13.0 Å². The molecule has 2 aromatic rings. The molecule has 20 heavy (non-hydrogen) atoms. The molecule has 0 radical (unpaired) electrons. The highest BCUT2D eigenvalue weighted by molar-refractivity contribution is 7.09. The fourth-order valence-electron chi connectivity index (χ4n) is 1.76. The highest BCUT2D eigenvalue weighted by Crippen LogP contribution is 2.14. The molecule has 1 atom stereocenters. The standard InChI is InChI=1S/C15H19N3OS/c1-3-11(2)17-14(19)8-13-10-20-15(18-13)9-12-6-4-5-7-16-12/h4-7,10-11H,3,8-9H2,1-2H3,(H,17,19)/t11-/m0/s1. The molecule has 1 amide bonds. The molecule has 0 spiro atoms. The van der Waals surface area contributed by atoms with E-state index in [1.807, 2.05) is 30.5 Å². The summed E-state index contributed by atoms with van der Waals surface area (Å²) in [6, 6.07) is 6.07. The molecule has 0 unspecified atom stereocenters. The molecule has 0 aliphatic rings. The van der Waals surface area contributed by atoms with Crippen LogP contribution in [0.5, 0.6) is 0 Å². The van der Waals surface area contributed by atoms with Crippen LogP contribution in [-0.4, -0.2) is 21.9 Å². The number of nitrogens with one attached hydrogen (secondary N) is 1. The Balaban J connectivity index is 1.91. The fourth-order valence-corrected chi connectivity index (χ4v) is 2.57. The number of hydrogen-bond donors (Lipinski definition) is 1. The number of carbonyl (C=O) groups excluding carboxylic acids is 1. The summed E-state index contributed by atoms with van der Waals surface area (Å²) in [5.41, 5.74) is 1.83. The molecule has 0 aliphatic carbocycles. The van der Waals surface area contributed by atoms with Crippen LogP contribution >= 0.6 is 11.3 Å². The second-order valence-electron chi connectivity index (χ2n) is 4.78. The molecule has 106 valence electrons. The topological polar surface area (TPSA) is 54.9 Å². The molecule has 0 bridgehead atoms. The summed E-state index contributed by atoms with van der Waals surface area (Å²) < 4.78 is 0. The summed E-state index contributed by atoms with van der Waals surface area (Å²) in [6.45, 7) is 4.06. The molecule has 1 N–H and O–H groups in total. The highest BCUT2D eigenvalue weighted by Gasteiger charge is 2.10. The Bertz CT molecular complexity index is 553. The zero-order chi connectivity index (χ0) is 14.4. The average Bonchev–Trinajstić information content (AvgIpc) is 2.86. The minimum atomic E-state index is 0.0361. The van der Waals surface area contributed by atoms with E-state index in [2.05, 4.69) is 22.2 Å². The Morgan fingerprint density at radius 2 is 2.25 bits per heavy atom. The molecule has 4 nitrogen and oxygen atoms in total. The van der Waals surface area contributed by atoms with Crippen LogP contribution in [0.2, 0.25) is 0 Å². The molecule has 0 aromatic carbocycles. The molecular weight excluding hydrogens is 270 g/mol. The predicted octanol–water partition coefficient (Wildman–Crippen LogP) is 2.59. The zero-order valence-electron chi connectivity index (χ0n) is 11.8. The number of amides is 1. The van der Waals surface area contributed by atoms with Crippen molar-refractivity contribution in [3.05, 3.63) is 46.2 Å². The van der Waals surface area contributed by atoms with Gasteiger partial charge in [0.15, 0.2) is 0 Å². The van der Waals surface area contributed by atoms with Crippen molar-refractivity contribution >= 4 is 17.2 Å². The van der Waals surface area contributed by atoms with Gasteiger partial charge in [0.25, 0.3) is 0 Å². The van der Waals surface area contributed by atoms with Gasteiger partial charge >= 0.3 is 0 Å². The van der Waals surface area contributed by atoms with Crippen molar-refractivity contribution in [3.63, 3.8) is 0 Å². The van der Waals surface area contributed by atoms with Crippen LogP contribution in [0.25, 0.3) is 0 Å². The van der Waals surface area contributed by atoms with E-state index in [0.29, 0.717) is 6.42 Å². The minimum Gasteiger partial charge on any atom is -0.353 e. The zero-order valence-corrected chi connectivity index (χ0v) is 12.6. The molecule has 2 heterocycles. The van der Waals surface area contributed by atoms with E-state index in [-0.39, 0.29) is 11.9 Å². The predicted molar refractivity (Wildman–Crippen MR) is 80.8 cm³/mol. The summed E-state index contributed by atoms with van der Waals surface area (Å²) >= 11 is 1.58. The lowest BCUT2D eigenvalue weighted by Crippen LogP contribution is -2.33. The second-order valence-corrected chi connectivity index (χ2v) is 5.73. The van der Waals surface area contributed by atoms with E-state index in [0.717, 1.165) is 29.2 Å². The first-order chi connectivity index (χ1) is 9.67. The van der Waals surface area contributed by atoms with Crippen molar-refractivity contribution in [2.75, 3.05) is 0 Å². The summed E-state index contributed by atoms with van der Waals surface area (Å²) in [7, 11) is 0. The number of rotatable bonds is 6. The lowest BCUT2D eigenvalue weighted by Gasteiger charge is -2.10. The molecule has 0 fully saturated rings. The summed E-state index contributed by atoms with van der Waals surface area (Å²) in [5.74, 6) is 0.0361. The third kappa shape index (κ3) is 4.42. The SMILES string of the molecule is CC[C@H](C)NC(=O)Cc1csc(Cc2ccccn2)n1. The Hall–Kier alpha value is -1.75. The number of thiazole rings is 1. The first-order valence-electron chi connectivity index (χ1n) is 6.80. The van der Waals surface area contributed by atoms with Gasteiger partial charge in [-0.2, -0.15) is 0 Å². The van der Waals surface area contributed by atoms with E-state index >= 15 is 0 Å². The van der Waals surface area contributed by atoms with Crippen LogP contribution < -0.4 is 5.32 Å². The van der Waals surface area contributed by atoms with Crippen molar-refractivity contribution in [1.29, 1.82) is 0 Å². The van der Waals surface area contributed by atoms with Gasteiger partial charge < -0.3 is 5.32 Å². The van der Waals surface area contributed by atoms with Crippen LogP contribution in [0.4, 0.5) is 0 Å². The molecular formula is C15H19N3OS. The fraction of sp³-hybridized carbons (Fsp3) is 0.400. The van der Waals surface area contributed by atoms with Gasteiger partial charge in [0.1, 0.15) is 0 Å². The molecule has 0 saturated heterocycles. The largest absolute Gasteiger partial charge is 0.353 e. The lowest BCUT2D eigenvalue weighted by molar-refractivity contribution is -0.121. The highest BCUT2D eigenvalue weighted by atomic mass is 32.1. The number of aromatic nitrogens is 2. The Morgan fingerprint density at radius 1 is 1.40 bits per heavy atom. The number of nitrogens with zero attached hydrogens (tertiary/aromatic N) is 2. The third-order valence-corrected chi connectivity index (χ3v) is 3.92. The Kier molecular flexibility index (Phi) is 5.24. The van der Waals surface area contributed by atoms with Crippen LogP contribution in [0.1, 0.15) is 36.7 Å². The average molecular weight is 289 g/mol. The number of pyridine rings is 1. The van der Waals surface area contributed by atoms with Gasteiger partial charge in [-0.05, 0) is 25.5 Å². The Morgan fingerprint density at radius 3 is 2.95 bits per heavy atom. The van der Waals surface area contributed by atoms with Gasteiger partial charge in [-0.3, -0.25) is 9.78 Å². The second kappa shape index (κ2) is 7.14. The van der Waals surface area contributed by atoms with Crippen molar-refractivity contribution in [2.45, 2.75) is 39.2 Å². The lowest BCUT2D eigenvalue weighted by atomic mass is 10.2. The van der Waals surface area contributed by atoms with Gasteiger partial charge in [-0.15, -0.1) is 11.3 Å². The van der Waals surface area contributed by atoms with Crippen molar-refractivity contribution in [2.24, 2.45) is 0 Å². The molecule has 2 rings (SSSR count). The summed E-state index contributed by atoms with van der Waals surface area (Å²) in [5, 5.41) is 5.90. The van der Waals surface area contributed by atoms with Gasteiger partial charge in [0.05, 0.1) is 17.1 Å². The molecule has 0 aliphatic heterocycles. The van der Waals surface area contributed by atoms with Crippen molar-refractivity contribution in [1.82, 2.24) is 15.3 Å². The van der Waals surface area contributed by atoms with Gasteiger partial charge in [0, 0.05) is 29.7 Å². The summed E-state index contributed by atoms with van der Waals surface area (Å²) in [4.78, 5) is 20.6. The Labute approximate surface area is 123 Å². The van der Waals surface area contributed by atoms with Crippen LogP contribution in [0.15, 0.2) is 29.8 Å². The maximum atomic E-state index is 11.8. The van der Waals surface area contributed by atoms with Crippen LogP contribution in [0.3, 0.4) is 0 Å². The van der Waals surface area contributed by atoms with E-state index in [4.69, 9.17) is 0 Å². The van der Waals surface area contributed by atoms with E-state index in [1.165, 1.54) is 0 Å². The van der Waals surface area contributed by atoms with Crippen LogP contribution in [-0.2, 0) is 17.6 Å².